The number of benzene rings is 2. The second-order valence-electron chi connectivity index (χ2n) is 5.50. The molecule has 0 fully saturated rings. The number of carbonyl (C=O) groups is 2. The predicted molar refractivity (Wildman–Crippen MR) is 96.5 cm³/mol. The second kappa shape index (κ2) is 9.97. The van der Waals surface area contributed by atoms with Crippen molar-refractivity contribution >= 4 is 17.6 Å². The zero-order chi connectivity index (χ0) is 18.8. The molecule has 0 spiro atoms. The van der Waals surface area contributed by atoms with E-state index in [2.05, 4.69) is 0 Å². The van der Waals surface area contributed by atoms with E-state index in [0.717, 1.165) is 5.56 Å². The summed E-state index contributed by atoms with van der Waals surface area (Å²) in [5, 5.41) is 8.80. The summed E-state index contributed by atoms with van der Waals surface area (Å²) < 4.78 is 10.2. The van der Waals surface area contributed by atoms with Gasteiger partial charge in [-0.25, -0.2) is 4.79 Å². The average Bonchev–Trinajstić information content (AvgIpc) is 2.67. The van der Waals surface area contributed by atoms with Gasteiger partial charge in [0.2, 0.25) is 0 Å². The van der Waals surface area contributed by atoms with Crippen LogP contribution in [0.4, 0.5) is 5.69 Å². The number of anilines is 1. The van der Waals surface area contributed by atoms with Crippen LogP contribution in [0, 0.1) is 11.3 Å². The molecular formula is C20H20N2O4. The smallest absolute Gasteiger partial charge is 0.338 e. The van der Waals surface area contributed by atoms with Crippen LogP contribution in [-0.4, -0.2) is 32.1 Å². The first-order chi connectivity index (χ1) is 12.7. The maximum absolute atomic E-state index is 12.5. The molecule has 2 rings (SSSR count). The lowest BCUT2D eigenvalue weighted by Crippen LogP contribution is -2.35. The monoisotopic (exact) mass is 352 g/mol. The van der Waals surface area contributed by atoms with Crippen molar-refractivity contribution in [3.05, 3.63) is 65.7 Å². The van der Waals surface area contributed by atoms with Gasteiger partial charge >= 0.3 is 5.97 Å². The Morgan fingerprint density at radius 3 is 2.58 bits per heavy atom. The predicted octanol–water partition coefficient (Wildman–Crippen LogP) is 2.94. The summed E-state index contributed by atoms with van der Waals surface area (Å²) in [7, 11) is 1.57. The van der Waals surface area contributed by atoms with E-state index in [4.69, 9.17) is 14.7 Å². The highest BCUT2D eigenvalue weighted by Crippen LogP contribution is 2.14. The zero-order valence-corrected chi connectivity index (χ0v) is 14.6. The SMILES string of the molecule is COCc1cccc(C(=O)OCC(=O)N(CCC#N)c2ccccc2)c1. The number of hydrogen-bond donors (Lipinski definition) is 0. The second-order valence-corrected chi connectivity index (χ2v) is 5.50. The van der Waals surface area contributed by atoms with Gasteiger partial charge in [-0.1, -0.05) is 30.3 Å². The molecule has 0 radical (unpaired) electrons. The van der Waals surface area contributed by atoms with Crippen LogP contribution in [0.3, 0.4) is 0 Å². The maximum Gasteiger partial charge on any atom is 0.338 e. The van der Waals surface area contributed by atoms with Crippen LogP contribution in [0.2, 0.25) is 0 Å². The fourth-order valence-electron chi connectivity index (χ4n) is 2.41. The van der Waals surface area contributed by atoms with E-state index in [1.165, 1.54) is 4.90 Å². The first kappa shape index (κ1) is 19.2. The molecule has 0 atom stereocenters. The van der Waals surface area contributed by atoms with Crippen molar-refractivity contribution in [3.8, 4) is 6.07 Å². The molecule has 0 saturated carbocycles. The fraction of sp³-hybridized carbons (Fsp3) is 0.250. The third kappa shape index (κ3) is 5.43. The number of rotatable bonds is 8. The van der Waals surface area contributed by atoms with Crippen molar-refractivity contribution in [3.63, 3.8) is 0 Å². The highest BCUT2D eigenvalue weighted by molar-refractivity contribution is 5.97. The van der Waals surface area contributed by atoms with Crippen LogP contribution in [0.5, 0.6) is 0 Å². The Hall–Kier alpha value is -3.17. The van der Waals surface area contributed by atoms with Crippen molar-refractivity contribution in [2.75, 3.05) is 25.2 Å². The van der Waals surface area contributed by atoms with E-state index in [9.17, 15) is 9.59 Å². The molecule has 0 bridgehead atoms. The number of esters is 1. The maximum atomic E-state index is 12.5. The molecule has 6 heteroatoms. The third-order valence-corrected chi connectivity index (χ3v) is 3.62. The standard InChI is InChI=1S/C20H20N2O4/c1-25-14-16-7-5-8-17(13-16)20(24)26-15-19(23)22(12-6-11-21)18-9-3-2-4-10-18/h2-5,7-10,13H,6,12,14-15H2,1H3. The Morgan fingerprint density at radius 2 is 1.88 bits per heavy atom. The van der Waals surface area contributed by atoms with E-state index in [1.807, 2.05) is 18.2 Å². The van der Waals surface area contributed by atoms with Gasteiger partial charge in [-0.15, -0.1) is 0 Å². The summed E-state index contributed by atoms with van der Waals surface area (Å²) in [6, 6.07) is 17.9. The average molecular weight is 352 g/mol. The molecule has 0 aromatic heterocycles. The summed E-state index contributed by atoms with van der Waals surface area (Å²) >= 11 is 0. The van der Waals surface area contributed by atoms with Gasteiger partial charge in [0.15, 0.2) is 6.61 Å². The molecule has 1 amide bonds. The number of carbonyl (C=O) groups excluding carboxylic acids is 2. The number of ether oxygens (including phenoxy) is 2. The molecule has 0 unspecified atom stereocenters. The normalized spacial score (nSPS) is 10.0. The summed E-state index contributed by atoms with van der Waals surface area (Å²) in [5.41, 5.74) is 1.86. The molecule has 0 N–H and O–H groups in total. The zero-order valence-electron chi connectivity index (χ0n) is 14.6. The van der Waals surface area contributed by atoms with Crippen molar-refractivity contribution in [2.24, 2.45) is 0 Å². The third-order valence-electron chi connectivity index (χ3n) is 3.62. The number of nitrogens with zero attached hydrogens (tertiary/aromatic N) is 2. The van der Waals surface area contributed by atoms with Gasteiger partial charge in [-0.2, -0.15) is 5.26 Å². The summed E-state index contributed by atoms with van der Waals surface area (Å²) in [6.45, 7) is 0.226. The molecule has 0 aliphatic heterocycles. The van der Waals surface area contributed by atoms with Gasteiger partial charge < -0.3 is 14.4 Å². The van der Waals surface area contributed by atoms with Crippen LogP contribution in [0.25, 0.3) is 0 Å². The van der Waals surface area contributed by atoms with E-state index < -0.39 is 12.6 Å². The largest absolute Gasteiger partial charge is 0.452 e. The van der Waals surface area contributed by atoms with Gasteiger partial charge in [0.05, 0.1) is 24.7 Å². The first-order valence-corrected chi connectivity index (χ1v) is 8.13. The van der Waals surface area contributed by atoms with Crippen molar-refractivity contribution in [2.45, 2.75) is 13.0 Å². The fourth-order valence-corrected chi connectivity index (χ4v) is 2.41. The van der Waals surface area contributed by atoms with Crippen molar-refractivity contribution in [1.29, 1.82) is 5.26 Å². The lowest BCUT2D eigenvalue weighted by molar-refractivity contribution is -0.121. The Balaban J connectivity index is 2.01. The minimum absolute atomic E-state index is 0.188. The minimum atomic E-state index is -0.579. The first-order valence-electron chi connectivity index (χ1n) is 8.13. The number of methoxy groups -OCH3 is 1. The highest BCUT2D eigenvalue weighted by Gasteiger charge is 2.18. The van der Waals surface area contributed by atoms with Gasteiger partial charge in [0, 0.05) is 19.3 Å². The number of nitriles is 1. The summed E-state index contributed by atoms with van der Waals surface area (Å²) in [6.07, 6.45) is 0.188. The lowest BCUT2D eigenvalue weighted by Gasteiger charge is -2.21. The van der Waals surface area contributed by atoms with Crippen LogP contribution in [0.1, 0.15) is 22.3 Å². The van der Waals surface area contributed by atoms with E-state index in [0.29, 0.717) is 17.9 Å². The molecular weight excluding hydrogens is 332 g/mol. The van der Waals surface area contributed by atoms with Gasteiger partial charge in [0.25, 0.3) is 5.91 Å². The minimum Gasteiger partial charge on any atom is -0.452 e. The van der Waals surface area contributed by atoms with Crippen LogP contribution >= 0.6 is 0 Å². The summed E-state index contributed by atoms with van der Waals surface area (Å²) in [4.78, 5) is 26.1. The Labute approximate surface area is 152 Å². The Bertz CT molecular complexity index is 784. The molecule has 0 saturated heterocycles. The van der Waals surface area contributed by atoms with Gasteiger partial charge in [0.1, 0.15) is 0 Å². The lowest BCUT2D eigenvalue weighted by atomic mass is 10.1. The number of hydrogen-bond acceptors (Lipinski definition) is 5. The van der Waals surface area contributed by atoms with E-state index in [1.54, 1.807) is 49.6 Å². The van der Waals surface area contributed by atoms with Crippen LogP contribution in [-0.2, 0) is 20.9 Å². The van der Waals surface area contributed by atoms with Crippen LogP contribution in [0.15, 0.2) is 54.6 Å². The Kier molecular flexibility index (Phi) is 7.34. The summed E-state index contributed by atoms with van der Waals surface area (Å²) in [5.74, 6) is -0.961. The molecule has 6 nitrogen and oxygen atoms in total. The molecule has 2 aromatic rings. The van der Waals surface area contributed by atoms with E-state index in [-0.39, 0.29) is 18.9 Å². The quantitative estimate of drug-likeness (QED) is 0.683. The molecule has 2 aromatic carbocycles. The van der Waals surface area contributed by atoms with Gasteiger partial charge in [-0.05, 0) is 29.8 Å². The van der Waals surface area contributed by atoms with Crippen molar-refractivity contribution in [1.82, 2.24) is 0 Å². The molecule has 0 aliphatic rings. The van der Waals surface area contributed by atoms with E-state index >= 15 is 0 Å². The number of amides is 1. The van der Waals surface area contributed by atoms with Crippen LogP contribution < -0.4 is 4.90 Å². The Morgan fingerprint density at radius 1 is 1.12 bits per heavy atom. The van der Waals surface area contributed by atoms with Gasteiger partial charge in [-0.3, -0.25) is 4.79 Å². The van der Waals surface area contributed by atoms with Crippen molar-refractivity contribution < 1.29 is 19.1 Å². The molecule has 0 heterocycles. The molecule has 26 heavy (non-hydrogen) atoms. The highest BCUT2D eigenvalue weighted by atomic mass is 16.5. The number of para-hydroxylation sites is 1. The topological polar surface area (TPSA) is 79.6 Å². The molecule has 134 valence electrons. The molecule has 0 aliphatic carbocycles.